The molecule has 2 rings (SSSR count). The number of nitrogens with zero attached hydrogens (tertiary/aromatic N) is 4. The molecule has 0 amide bonds. The molecule has 0 saturated carbocycles. The van der Waals surface area contributed by atoms with Gasteiger partial charge in [0.05, 0.1) is 39.4 Å². The fraction of sp³-hybridized carbons (Fsp3) is 0.533. The number of carbonyl (C=O) groups excluding carboxylic acids is 1. The van der Waals surface area contributed by atoms with Gasteiger partial charge in [-0.2, -0.15) is 26.7 Å². The number of esters is 1. The monoisotopic (exact) mass is 372 g/mol. The van der Waals surface area contributed by atoms with Crippen molar-refractivity contribution in [1.29, 1.82) is 0 Å². The third-order valence-electron chi connectivity index (χ3n) is 3.68. The van der Waals surface area contributed by atoms with E-state index in [1.165, 1.54) is 0 Å². The van der Waals surface area contributed by atoms with Crippen LogP contribution < -0.4 is 18.1 Å². The van der Waals surface area contributed by atoms with Crippen molar-refractivity contribution < 1.29 is 31.3 Å². The topological polar surface area (TPSA) is 87.3 Å². The van der Waals surface area contributed by atoms with Crippen molar-refractivity contribution in [3.63, 3.8) is 0 Å². The van der Waals surface area contributed by atoms with Gasteiger partial charge in [-0.3, -0.25) is 4.79 Å². The zero-order valence-electron chi connectivity index (χ0n) is 14.9. The van der Waals surface area contributed by atoms with E-state index in [0.717, 1.165) is 0 Å². The second-order valence-electron chi connectivity index (χ2n) is 5.52. The lowest BCUT2D eigenvalue weighted by Gasteiger charge is -2.05. The summed E-state index contributed by atoms with van der Waals surface area (Å²) in [6.45, 7) is 4.99. The van der Waals surface area contributed by atoms with Gasteiger partial charge >= 0.3 is 28.1 Å². The molecule has 9 nitrogen and oxygen atoms in total. The molecule has 0 N–H and O–H groups in total. The first-order chi connectivity index (χ1) is 11.8. The molecule has 0 aliphatic carbocycles. The van der Waals surface area contributed by atoms with Crippen LogP contribution in [0.1, 0.15) is 20.3 Å². The fourth-order valence-corrected chi connectivity index (χ4v) is 3.20. The quantitative estimate of drug-likeness (QED) is 0.360. The smallest absolute Gasteiger partial charge is 0.357 e. The molecule has 0 aliphatic rings. The van der Waals surface area contributed by atoms with E-state index in [0.29, 0.717) is 19.1 Å². The maximum absolute atomic E-state index is 12.1. The van der Waals surface area contributed by atoms with Gasteiger partial charge in [0, 0.05) is 0 Å². The molecule has 0 radical (unpaired) electrons. The van der Waals surface area contributed by atoms with E-state index in [1.807, 2.05) is 13.8 Å². The van der Waals surface area contributed by atoms with E-state index in [9.17, 15) is 13.2 Å². The predicted octanol–water partition coefficient (Wildman–Crippen LogP) is -0.317. The summed E-state index contributed by atoms with van der Waals surface area (Å²) in [4.78, 5) is 12.0. The zero-order valence-corrected chi connectivity index (χ0v) is 15.7. The summed E-state index contributed by atoms with van der Waals surface area (Å²) in [6.07, 6.45) is 6.65. The standard InChI is InChI=1S/C15H24N4O5S/c1-5-18-10-8-16(3)14(18)23-13(20)7-12-25(21,22)24-15-17(4)9-11-19(15)6-2/h8-11H,5-7,12H2,1-4H3/q+2. The lowest BCUT2D eigenvalue weighted by Crippen LogP contribution is -2.33. The first kappa shape index (κ1) is 19.0. The van der Waals surface area contributed by atoms with E-state index in [-0.39, 0.29) is 12.4 Å². The van der Waals surface area contributed by atoms with Gasteiger partial charge in [0.2, 0.25) is 0 Å². The second-order valence-corrected chi connectivity index (χ2v) is 7.21. The van der Waals surface area contributed by atoms with Crippen LogP contribution in [-0.2, 0) is 42.1 Å². The molecule has 2 aromatic heterocycles. The van der Waals surface area contributed by atoms with Gasteiger partial charge in [-0.1, -0.05) is 0 Å². The molecule has 0 unspecified atom stereocenters. The van der Waals surface area contributed by atoms with Gasteiger partial charge in [-0.05, 0) is 13.8 Å². The number of rotatable bonds is 8. The Morgan fingerprint density at radius 3 is 2.12 bits per heavy atom. The molecule has 0 spiro atoms. The Hall–Kier alpha value is -2.36. The highest BCUT2D eigenvalue weighted by atomic mass is 32.2. The summed E-state index contributed by atoms with van der Waals surface area (Å²) < 4.78 is 41.3. The number of ether oxygens (including phenoxy) is 1. The highest BCUT2D eigenvalue weighted by Gasteiger charge is 2.26. The van der Waals surface area contributed by atoms with Crippen LogP contribution in [0.25, 0.3) is 0 Å². The molecule has 138 valence electrons. The van der Waals surface area contributed by atoms with Crippen LogP contribution in [0.2, 0.25) is 0 Å². The summed E-state index contributed by atoms with van der Waals surface area (Å²) in [5.41, 5.74) is 0. The number of imidazole rings is 2. The van der Waals surface area contributed by atoms with Crippen molar-refractivity contribution in [2.75, 3.05) is 5.75 Å². The van der Waals surface area contributed by atoms with Gasteiger partial charge in [-0.15, -0.1) is 0 Å². The Morgan fingerprint density at radius 2 is 1.56 bits per heavy atom. The van der Waals surface area contributed by atoms with Crippen LogP contribution in [-0.4, -0.2) is 29.3 Å². The first-order valence-electron chi connectivity index (χ1n) is 7.99. The molecule has 25 heavy (non-hydrogen) atoms. The summed E-state index contributed by atoms with van der Waals surface area (Å²) in [5.74, 6) is -1.09. The van der Waals surface area contributed by atoms with E-state index in [1.54, 1.807) is 57.2 Å². The van der Waals surface area contributed by atoms with Gasteiger partial charge < -0.3 is 8.92 Å². The average Bonchev–Trinajstić information content (AvgIpc) is 3.09. The second kappa shape index (κ2) is 7.68. The Morgan fingerprint density at radius 1 is 1.04 bits per heavy atom. The van der Waals surface area contributed by atoms with Crippen LogP contribution in [0.4, 0.5) is 0 Å². The summed E-state index contributed by atoms with van der Waals surface area (Å²) in [5, 5.41) is 0. The summed E-state index contributed by atoms with van der Waals surface area (Å²) >= 11 is 0. The van der Waals surface area contributed by atoms with E-state index in [4.69, 9.17) is 8.92 Å². The Kier molecular flexibility index (Phi) is 5.83. The summed E-state index contributed by atoms with van der Waals surface area (Å²) in [7, 11) is -0.487. The summed E-state index contributed by atoms with van der Waals surface area (Å²) in [6, 6.07) is 0.555. The van der Waals surface area contributed by atoms with Crippen LogP contribution in [0, 0.1) is 0 Å². The third kappa shape index (κ3) is 4.59. The molecule has 0 aromatic carbocycles. The molecule has 10 heteroatoms. The van der Waals surface area contributed by atoms with Crippen molar-refractivity contribution in [3.05, 3.63) is 24.8 Å². The van der Waals surface area contributed by atoms with Crippen molar-refractivity contribution in [2.45, 2.75) is 33.4 Å². The lowest BCUT2D eigenvalue weighted by atomic mass is 10.5. The van der Waals surface area contributed by atoms with Crippen LogP contribution in [0.5, 0.6) is 12.0 Å². The minimum Gasteiger partial charge on any atom is -0.357 e. The van der Waals surface area contributed by atoms with Gasteiger partial charge in [0.1, 0.15) is 24.8 Å². The minimum absolute atomic E-state index is 0.196. The van der Waals surface area contributed by atoms with Crippen molar-refractivity contribution >= 4 is 16.1 Å². The minimum atomic E-state index is -3.92. The van der Waals surface area contributed by atoms with Crippen LogP contribution in [0.15, 0.2) is 24.8 Å². The largest absolute Gasteiger partial charge is 0.471 e. The molecule has 2 aromatic rings. The SMILES string of the molecule is CCn1cc[n+](C)c1OC(=O)CCS(=O)(=O)Oc1n(CC)cc[n+]1C. The van der Waals surface area contributed by atoms with E-state index < -0.39 is 21.8 Å². The predicted molar refractivity (Wildman–Crippen MR) is 87.2 cm³/mol. The van der Waals surface area contributed by atoms with E-state index >= 15 is 0 Å². The average molecular weight is 372 g/mol. The van der Waals surface area contributed by atoms with Crippen molar-refractivity contribution in [3.8, 4) is 12.0 Å². The van der Waals surface area contributed by atoms with Crippen LogP contribution in [0.3, 0.4) is 0 Å². The Bertz CT molecular complexity index is 853. The number of aromatic nitrogens is 4. The fourth-order valence-electron chi connectivity index (χ4n) is 2.26. The molecular formula is C15H24N4O5S+2. The molecule has 2 heterocycles. The maximum Gasteiger partial charge on any atom is 0.471 e. The lowest BCUT2D eigenvalue weighted by molar-refractivity contribution is -0.675. The van der Waals surface area contributed by atoms with E-state index in [2.05, 4.69) is 0 Å². The van der Waals surface area contributed by atoms with Crippen molar-refractivity contribution in [2.24, 2.45) is 14.1 Å². The molecule has 0 aliphatic heterocycles. The normalized spacial score (nSPS) is 11.5. The molecule has 0 saturated heterocycles. The molecule has 0 fully saturated rings. The number of hydrogen-bond acceptors (Lipinski definition) is 5. The third-order valence-corrected chi connectivity index (χ3v) is 4.79. The number of carbonyl (C=O) groups is 1. The number of aryl methyl sites for hydroxylation is 4. The van der Waals surface area contributed by atoms with Gasteiger partial charge in [0.15, 0.2) is 0 Å². The zero-order chi connectivity index (χ0) is 18.6. The van der Waals surface area contributed by atoms with Gasteiger partial charge in [0.25, 0.3) is 0 Å². The first-order valence-corrected chi connectivity index (χ1v) is 9.57. The molecule has 0 bridgehead atoms. The number of hydrogen-bond donors (Lipinski definition) is 0. The highest BCUT2D eigenvalue weighted by Crippen LogP contribution is 2.10. The van der Waals surface area contributed by atoms with Crippen LogP contribution >= 0.6 is 0 Å². The molecular weight excluding hydrogens is 348 g/mol. The highest BCUT2D eigenvalue weighted by molar-refractivity contribution is 7.87. The maximum atomic E-state index is 12.1. The Balaban J connectivity index is 1.98. The van der Waals surface area contributed by atoms with Crippen molar-refractivity contribution in [1.82, 2.24) is 9.13 Å². The van der Waals surface area contributed by atoms with Gasteiger partial charge in [-0.25, -0.2) is 0 Å². The molecule has 0 atom stereocenters. The Labute approximate surface area is 147 Å².